The minimum Gasteiger partial charge on any atom is -0.497 e. The Kier molecular flexibility index (Phi) is 3.29. The molecule has 1 unspecified atom stereocenters. The predicted octanol–water partition coefficient (Wildman–Crippen LogP) is 2.44. The minimum absolute atomic E-state index is 0.443. The highest BCUT2D eigenvalue weighted by Gasteiger charge is 2.33. The van der Waals surface area contributed by atoms with E-state index in [4.69, 9.17) is 10.5 Å². The van der Waals surface area contributed by atoms with Gasteiger partial charge in [0.2, 0.25) is 0 Å². The molecule has 0 amide bonds. The molecule has 0 fully saturated rings. The van der Waals surface area contributed by atoms with Crippen molar-refractivity contribution in [2.24, 2.45) is 5.73 Å². The van der Waals surface area contributed by atoms with Gasteiger partial charge in [-0.05, 0) is 37.1 Å². The van der Waals surface area contributed by atoms with E-state index >= 15 is 0 Å². The van der Waals surface area contributed by atoms with Crippen molar-refractivity contribution < 1.29 is 13.5 Å². The molecule has 2 N–H and O–H groups in total. The maximum absolute atomic E-state index is 12.7. The SMILES string of the molecule is COc1ccc(C(C)(N)C(F)F)c(C)c1. The zero-order valence-electron chi connectivity index (χ0n) is 9.05. The number of aryl methyl sites for hydroxylation is 1. The first-order chi connectivity index (χ1) is 6.89. The number of methoxy groups -OCH3 is 1. The summed E-state index contributed by atoms with van der Waals surface area (Å²) in [5.74, 6) is 0.640. The Labute approximate surface area is 88.0 Å². The van der Waals surface area contributed by atoms with Crippen LogP contribution < -0.4 is 10.5 Å². The fourth-order valence-corrected chi connectivity index (χ4v) is 1.49. The topological polar surface area (TPSA) is 35.2 Å². The van der Waals surface area contributed by atoms with Crippen LogP contribution in [-0.2, 0) is 5.54 Å². The molecule has 4 heteroatoms. The Morgan fingerprint density at radius 3 is 2.40 bits per heavy atom. The molecule has 0 radical (unpaired) electrons. The van der Waals surface area contributed by atoms with Gasteiger partial charge >= 0.3 is 0 Å². The summed E-state index contributed by atoms with van der Waals surface area (Å²) in [5, 5.41) is 0. The Morgan fingerprint density at radius 2 is 2.00 bits per heavy atom. The van der Waals surface area contributed by atoms with Gasteiger partial charge < -0.3 is 10.5 Å². The van der Waals surface area contributed by atoms with Crippen LogP contribution in [-0.4, -0.2) is 13.5 Å². The maximum atomic E-state index is 12.7. The quantitative estimate of drug-likeness (QED) is 0.840. The van der Waals surface area contributed by atoms with Gasteiger partial charge in [0.05, 0.1) is 12.6 Å². The molecule has 84 valence electrons. The van der Waals surface area contributed by atoms with Gasteiger partial charge in [0.25, 0.3) is 6.43 Å². The van der Waals surface area contributed by atoms with Crippen LogP contribution in [0.15, 0.2) is 18.2 Å². The summed E-state index contributed by atoms with van der Waals surface area (Å²) >= 11 is 0. The van der Waals surface area contributed by atoms with Crippen LogP contribution in [0.4, 0.5) is 8.78 Å². The summed E-state index contributed by atoms with van der Waals surface area (Å²) in [6.07, 6.45) is -2.59. The maximum Gasteiger partial charge on any atom is 0.260 e. The van der Waals surface area contributed by atoms with Gasteiger partial charge in [0.1, 0.15) is 5.75 Å². The molecule has 0 aromatic heterocycles. The zero-order chi connectivity index (χ0) is 11.6. The molecule has 0 spiro atoms. The number of hydrogen-bond acceptors (Lipinski definition) is 2. The van der Waals surface area contributed by atoms with Crippen LogP contribution in [0, 0.1) is 6.92 Å². The van der Waals surface area contributed by atoms with Crippen LogP contribution >= 0.6 is 0 Å². The smallest absolute Gasteiger partial charge is 0.260 e. The predicted molar refractivity (Wildman–Crippen MR) is 55.3 cm³/mol. The number of nitrogens with two attached hydrogens (primary N) is 1. The summed E-state index contributed by atoms with van der Waals surface area (Å²) in [6, 6.07) is 4.92. The van der Waals surface area contributed by atoms with Gasteiger partial charge in [-0.3, -0.25) is 0 Å². The molecule has 1 aromatic rings. The van der Waals surface area contributed by atoms with E-state index in [0.717, 1.165) is 0 Å². The van der Waals surface area contributed by atoms with Gasteiger partial charge in [0.15, 0.2) is 0 Å². The third-order valence-corrected chi connectivity index (χ3v) is 2.47. The molecule has 0 aliphatic rings. The summed E-state index contributed by atoms with van der Waals surface area (Å²) in [4.78, 5) is 0. The molecule has 1 rings (SSSR count). The molecular weight excluding hydrogens is 200 g/mol. The second kappa shape index (κ2) is 4.14. The Morgan fingerprint density at radius 1 is 1.40 bits per heavy atom. The van der Waals surface area contributed by atoms with E-state index in [0.29, 0.717) is 16.9 Å². The highest BCUT2D eigenvalue weighted by molar-refractivity contribution is 5.38. The lowest BCUT2D eigenvalue weighted by Gasteiger charge is -2.26. The summed E-state index contributed by atoms with van der Waals surface area (Å²) in [6.45, 7) is 3.07. The van der Waals surface area contributed by atoms with E-state index in [2.05, 4.69) is 0 Å². The van der Waals surface area contributed by atoms with Crippen molar-refractivity contribution in [3.63, 3.8) is 0 Å². The highest BCUT2D eigenvalue weighted by Crippen LogP contribution is 2.29. The molecule has 0 saturated carbocycles. The summed E-state index contributed by atoms with van der Waals surface area (Å²) in [5.41, 5.74) is 5.12. The average molecular weight is 215 g/mol. The van der Waals surface area contributed by atoms with Gasteiger partial charge in [-0.1, -0.05) is 6.07 Å². The monoisotopic (exact) mass is 215 g/mol. The van der Waals surface area contributed by atoms with Crippen molar-refractivity contribution in [1.29, 1.82) is 0 Å². The normalized spacial score (nSPS) is 15.1. The molecule has 0 saturated heterocycles. The molecule has 0 heterocycles. The number of alkyl halides is 2. The molecule has 2 nitrogen and oxygen atoms in total. The Hall–Kier alpha value is -1.16. The Bertz CT molecular complexity index is 350. The zero-order valence-corrected chi connectivity index (χ0v) is 9.05. The first kappa shape index (κ1) is 11.9. The molecule has 0 aliphatic heterocycles. The van der Waals surface area contributed by atoms with E-state index in [-0.39, 0.29) is 0 Å². The third-order valence-electron chi connectivity index (χ3n) is 2.47. The van der Waals surface area contributed by atoms with E-state index in [9.17, 15) is 8.78 Å². The average Bonchev–Trinajstić information content (AvgIpc) is 2.16. The third kappa shape index (κ3) is 2.26. The molecule has 1 aromatic carbocycles. The minimum atomic E-state index is -2.59. The van der Waals surface area contributed by atoms with Crippen molar-refractivity contribution in [2.45, 2.75) is 25.8 Å². The summed E-state index contributed by atoms with van der Waals surface area (Å²) < 4.78 is 30.4. The molecule has 0 bridgehead atoms. The van der Waals surface area contributed by atoms with Gasteiger partial charge in [0, 0.05) is 0 Å². The molecule has 15 heavy (non-hydrogen) atoms. The van der Waals surface area contributed by atoms with E-state index in [1.54, 1.807) is 25.1 Å². The fourth-order valence-electron chi connectivity index (χ4n) is 1.49. The van der Waals surface area contributed by atoms with E-state index in [1.165, 1.54) is 14.0 Å². The van der Waals surface area contributed by atoms with Crippen LogP contribution in [0.3, 0.4) is 0 Å². The number of hydrogen-bond donors (Lipinski definition) is 1. The Balaban J connectivity index is 3.16. The lowest BCUT2D eigenvalue weighted by Crippen LogP contribution is -2.41. The first-order valence-corrected chi connectivity index (χ1v) is 4.61. The summed E-state index contributed by atoms with van der Waals surface area (Å²) in [7, 11) is 1.53. The number of rotatable bonds is 3. The van der Waals surface area contributed by atoms with Crippen molar-refractivity contribution in [3.05, 3.63) is 29.3 Å². The standard InChI is InChI=1S/C11H15F2NO/c1-7-6-8(15-3)4-5-9(7)11(2,14)10(12)13/h4-6,10H,14H2,1-3H3. The first-order valence-electron chi connectivity index (χ1n) is 4.61. The van der Waals surface area contributed by atoms with Crippen molar-refractivity contribution in [2.75, 3.05) is 7.11 Å². The van der Waals surface area contributed by atoms with Gasteiger partial charge in [-0.2, -0.15) is 0 Å². The van der Waals surface area contributed by atoms with Crippen molar-refractivity contribution >= 4 is 0 Å². The lowest BCUT2D eigenvalue weighted by atomic mass is 9.90. The van der Waals surface area contributed by atoms with Crippen LogP contribution in [0.5, 0.6) is 5.75 Å². The van der Waals surface area contributed by atoms with E-state index in [1.807, 2.05) is 0 Å². The molecule has 0 aliphatic carbocycles. The second-order valence-corrected chi connectivity index (χ2v) is 3.76. The van der Waals surface area contributed by atoms with Crippen LogP contribution in [0.25, 0.3) is 0 Å². The molecular formula is C11H15F2NO. The van der Waals surface area contributed by atoms with E-state index < -0.39 is 12.0 Å². The van der Waals surface area contributed by atoms with Gasteiger partial charge in [-0.25, -0.2) is 8.78 Å². The van der Waals surface area contributed by atoms with Crippen LogP contribution in [0.2, 0.25) is 0 Å². The molecule has 1 atom stereocenters. The highest BCUT2D eigenvalue weighted by atomic mass is 19.3. The largest absolute Gasteiger partial charge is 0.497 e. The second-order valence-electron chi connectivity index (χ2n) is 3.76. The number of ether oxygens (including phenoxy) is 1. The van der Waals surface area contributed by atoms with Crippen LogP contribution in [0.1, 0.15) is 18.1 Å². The number of halogens is 2. The van der Waals surface area contributed by atoms with Gasteiger partial charge in [-0.15, -0.1) is 0 Å². The lowest BCUT2D eigenvalue weighted by molar-refractivity contribution is 0.0621. The van der Waals surface area contributed by atoms with Crippen molar-refractivity contribution in [3.8, 4) is 5.75 Å². The fraction of sp³-hybridized carbons (Fsp3) is 0.455. The van der Waals surface area contributed by atoms with Crippen molar-refractivity contribution in [1.82, 2.24) is 0 Å². The number of benzene rings is 1.